The Morgan fingerprint density at radius 2 is 2.17 bits per heavy atom. The van der Waals surface area contributed by atoms with Crippen LogP contribution in [0.2, 0.25) is 0 Å². The minimum atomic E-state index is -0.522. The fourth-order valence-corrected chi connectivity index (χ4v) is 5.52. The molecule has 1 saturated carbocycles. The summed E-state index contributed by atoms with van der Waals surface area (Å²) < 4.78 is 11.6. The lowest BCUT2D eigenvalue weighted by Crippen LogP contribution is -2.66. The van der Waals surface area contributed by atoms with Crippen LogP contribution in [0.25, 0.3) is 0 Å². The number of nitrogens with zero attached hydrogens (tertiary/aromatic N) is 1. The number of piperidine rings is 1. The fourth-order valence-electron chi connectivity index (χ4n) is 5.52. The van der Waals surface area contributed by atoms with Gasteiger partial charge in [-0.2, -0.15) is 0 Å². The summed E-state index contributed by atoms with van der Waals surface area (Å²) in [7, 11) is 3.52. The summed E-state index contributed by atoms with van der Waals surface area (Å²) in [5.74, 6) is 1.92. The number of likely N-dealkylation sites (tertiary alicyclic amines) is 1. The Bertz CT molecular complexity index is 758. The zero-order valence-corrected chi connectivity index (χ0v) is 13.3. The Morgan fingerprint density at radius 1 is 1.35 bits per heavy atom. The third-order valence-corrected chi connectivity index (χ3v) is 6.48. The zero-order chi connectivity index (χ0) is 15.9. The SMILES string of the molecule is COc1ccc2c3c1O[C@H]1C(=O)CC[C@H]4[C@@H](C2)N(C)C(=O)C[C@]314. The number of ether oxygens (including phenoxy) is 2. The van der Waals surface area contributed by atoms with Gasteiger partial charge in [0.15, 0.2) is 23.4 Å². The summed E-state index contributed by atoms with van der Waals surface area (Å²) in [4.78, 5) is 27.1. The number of benzene rings is 1. The van der Waals surface area contributed by atoms with Gasteiger partial charge < -0.3 is 14.4 Å². The molecular weight excluding hydrogens is 294 g/mol. The molecule has 2 fully saturated rings. The Balaban J connectivity index is 1.83. The van der Waals surface area contributed by atoms with Crippen LogP contribution in [0.5, 0.6) is 11.5 Å². The van der Waals surface area contributed by atoms with E-state index >= 15 is 0 Å². The van der Waals surface area contributed by atoms with Crippen LogP contribution < -0.4 is 9.47 Å². The molecule has 0 N–H and O–H groups in total. The lowest BCUT2D eigenvalue weighted by molar-refractivity contribution is -0.152. The largest absolute Gasteiger partial charge is 0.493 e. The molecule has 0 aromatic heterocycles. The number of hydrogen-bond acceptors (Lipinski definition) is 4. The molecule has 5 rings (SSSR count). The molecule has 2 bridgehead atoms. The van der Waals surface area contributed by atoms with E-state index in [1.54, 1.807) is 7.11 Å². The lowest BCUT2D eigenvalue weighted by Gasteiger charge is -2.56. The van der Waals surface area contributed by atoms with Gasteiger partial charge in [-0.15, -0.1) is 0 Å². The molecular formula is C18H19NO4. The molecule has 4 atom stereocenters. The van der Waals surface area contributed by atoms with Gasteiger partial charge >= 0.3 is 0 Å². The maximum Gasteiger partial charge on any atom is 0.223 e. The van der Waals surface area contributed by atoms with E-state index in [9.17, 15) is 9.59 Å². The third kappa shape index (κ3) is 1.35. The van der Waals surface area contributed by atoms with Crippen molar-refractivity contribution in [3.63, 3.8) is 0 Å². The van der Waals surface area contributed by atoms with Crippen LogP contribution in [0.15, 0.2) is 12.1 Å². The van der Waals surface area contributed by atoms with Gasteiger partial charge in [-0.1, -0.05) is 6.07 Å². The highest BCUT2D eigenvalue weighted by Crippen LogP contribution is 2.63. The van der Waals surface area contributed by atoms with Crippen LogP contribution in [-0.2, 0) is 21.4 Å². The number of amides is 1. The number of carbonyl (C=O) groups is 2. The smallest absolute Gasteiger partial charge is 0.223 e. The van der Waals surface area contributed by atoms with Crippen molar-refractivity contribution in [3.8, 4) is 11.5 Å². The number of Topliss-reactive ketones (excluding diaryl/α,β-unsaturated/α-hetero) is 1. The predicted octanol–water partition coefficient (Wildman–Crippen LogP) is 1.46. The zero-order valence-electron chi connectivity index (χ0n) is 13.3. The van der Waals surface area contributed by atoms with Gasteiger partial charge in [-0.3, -0.25) is 9.59 Å². The first-order chi connectivity index (χ1) is 11.1. The molecule has 4 aliphatic rings. The maximum absolute atomic E-state index is 12.6. The average Bonchev–Trinajstić information content (AvgIpc) is 2.89. The van der Waals surface area contributed by atoms with Crippen LogP contribution in [0.4, 0.5) is 0 Å². The molecule has 1 amide bonds. The number of ketones is 1. The van der Waals surface area contributed by atoms with Crippen LogP contribution in [0.3, 0.4) is 0 Å². The second-order valence-electron chi connectivity index (χ2n) is 7.23. The minimum absolute atomic E-state index is 0.121. The van der Waals surface area contributed by atoms with E-state index < -0.39 is 11.5 Å². The van der Waals surface area contributed by atoms with Crippen molar-refractivity contribution in [3.05, 3.63) is 23.3 Å². The topological polar surface area (TPSA) is 55.8 Å². The molecule has 1 spiro atoms. The molecule has 2 aliphatic heterocycles. The number of hydrogen-bond donors (Lipinski definition) is 0. The van der Waals surface area contributed by atoms with Crippen molar-refractivity contribution in [2.75, 3.05) is 14.2 Å². The van der Waals surface area contributed by atoms with Gasteiger partial charge in [-0.05, 0) is 30.4 Å². The van der Waals surface area contributed by atoms with Gasteiger partial charge in [0.25, 0.3) is 0 Å². The molecule has 1 aromatic carbocycles. The van der Waals surface area contributed by atoms with E-state index in [-0.39, 0.29) is 17.7 Å². The van der Waals surface area contributed by atoms with E-state index in [0.29, 0.717) is 30.3 Å². The average molecular weight is 313 g/mol. The van der Waals surface area contributed by atoms with Crippen molar-refractivity contribution >= 4 is 11.7 Å². The predicted molar refractivity (Wildman–Crippen MR) is 81.7 cm³/mol. The summed E-state index contributed by atoms with van der Waals surface area (Å²) >= 11 is 0. The van der Waals surface area contributed by atoms with Crippen molar-refractivity contribution in [2.45, 2.75) is 43.2 Å². The fraction of sp³-hybridized carbons (Fsp3) is 0.556. The summed E-state index contributed by atoms with van der Waals surface area (Å²) in [6.45, 7) is 0. The Morgan fingerprint density at radius 3 is 2.96 bits per heavy atom. The molecule has 2 aliphatic carbocycles. The van der Waals surface area contributed by atoms with Crippen LogP contribution in [0, 0.1) is 5.92 Å². The highest BCUT2D eigenvalue weighted by molar-refractivity contribution is 5.92. The van der Waals surface area contributed by atoms with Gasteiger partial charge in [0.1, 0.15) is 0 Å². The van der Waals surface area contributed by atoms with E-state index in [1.165, 1.54) is 5.56 Å². The molecule has 5 heteroatoms. The Hall–Kier alpha value is -2.04. The summed E-state index contributed by atoms with van der Waals surface area (Å²) in [5.41, 5.74) is 1.82. The van der Waals surface area contributed by atoms with Crippen molar-refractivity contribution in [2.24, 2.45) is 5.92 Å². The van der Waals surface area contributed by atoms with E-state index in [1.807, 2.05) is 18.0 Å². The van der Waals surface area contributed by atoms with Crippen LogP contribution in [-0.4, -0.2) is 42.9 Å². The molecule has 5 nitrogen and oxygen atoms in total. The van der Waals surface area contributed by atoms with Crippen LogP contribution >= 0.6 is 0 Å². The number of rotatable bonds is 1. The van der Waals surface area contributed by atoms with Crippen LogP contribution in [0.1, 0.15) is 30.4 Å². The second kappa shape index (κ2) is 4.08. The van der Waals surface area contributed by atoms with E-state index in [4.69, 9.17) is 9.47 Å². The van der Waals surface area contributed by atoms with Crippen molar-refractivity contribution < 1.29 is 19.1 Å². The van der Waals surface area contributed by atoms with Gasteiger partial charge in [0, 0.05) is 31.5 Å². The maximum atomic E-state index is 12.6. The van der Waals surface area contributed by atoms with Crippen molar-refractivity contribution in [1.29, 1.82) is 0 Å². The summed E-state index contributed by atoms with van der Waals surface area (Å²) in [5, 5.41) is 0. The normalized spacial score (nSPS) is 36.6. The number of methoxy groups -OCH3 is 1. The monoisotopic (exact) mass is 313 g/mol. The Labute approximate surface area is 134 Å². The standard InChI is InChI=1S/C18H19NO4/c1-19-11-7-9-3-6-13(22-2)16-15(9)18(8-14(19)21)10(11)4-5-12(20)17(18)23-16/h3,6,10-11,17H,4-5,7-8H2,1-2H3/t10-,11+,17-,18-/m0/s1. The lowest BCUT2D eigenvalue weighted by atomic mass is 9.51. The van der Waals surface area contributed by atoms with Gasteiger partial charge in [-0.25, -0.2) is 0 Å². The van der Waals surface area contributed by atoms with Gasteiger partial charge in [0.2, 0.25) is 5.91 Å². The first-order valence-electron chi connectivity index (χ1n) is 8.23. The molecule has 1 saturated heterocycles. The first kappa shape index (κ1) is 13.4. The summed E-state index contributed by atoms with van der Waals surface area (Å²) in [6.07, 6.45) is 2.07. The quantitative estimate of drug-likeness (QED) is 0.788. The van der Waals surface area contributed by atoms with E-state index in [2.05, 4.69) is 6.07 Å². The Kier molecular flexibility index (Phi) is 2.37. The molecule has 0 unspecified atom stereocenters. The molecule has 23 heavy (non-hydrogen) atoms. The minimum Gasteiger partial charge on any atom is -0.493 e. The highest BCUT2D eigenvalue weighted by atomic mass is 16.5. The van der Waals surface area contributed by atoms with E-state index in [0.717, 1.165) is 18.4 Å². The number of likely N-dealkylation sites (N-methyl/N-ethyl adjacent to an activating group) is 1. The second-order valence-corrected chi connectivity index (χ2v) is 7.23. The first-order valence-corrected chi connectivity index (χ1v) is 8.23. The van der Waals surface area contributed by atoms with Crippen molar-refractivity contribution in [1.82, 2.24) is 4.90 Å². The molecule has 0 radical (unpaired) electrons. The summed E-state index contributed by atoms with van der Waals surface area (Å²) in [6, 6.07) is 4.17. The third-order valence-electron chi connectivity index (χ3n) is 6.48. The molecule has 2 heterocycles. The molecule has 1 aromatic rings. The number of carbonyl (C=O) groups excluding carboxylic acids is 2. The van der Waals surface area contributed by atoms with Gasteiger partial charge in [0.05, 0.1) is 12.5 Å². The molecule has 120 valence electrons. The highest BCUT2D eigenvalue weighted by Gasteiger charge is 2.67.